The fourth-order valence-electron chi connectivity index (χ4n) is 1.37. The number of hydrogen-bond donors (Lipinski definition) is 1. The number of nitrogens with zero attached hydrogens (tertiary/aromatic N) is 1. The van der Waals surface area contributed by atoms with Crippen molar-refractivity contribution < 1.29 is 19.2 Å². The van der Waals surface area contributed by atoms with E-state index in [1.165, 1.54) is 6.26 Å². The quantitative estimate of drug-likeness (QED) is 0.855. The van der Waals surface area contributed by atoms with Crippen molar-refractivity contribution in [3.63, 3.8) is 0 Å². The molecule has 0 saturated heterocycles. The predicted molar refractivity (Wildman–Crippen MR) is 55.5 cm³/mol. The molecule has 2 aromatic rings. The summed E-state index contributed by atoms with van der Waals surface area (Å²) in [5.41, 5.74) is 1.08. The number of hydrogen-bond acceptors (Lipinski definition) is 4. The van der Waals surface area contributed by atoms with E-state index in [-0.39, 0.29) is 5.69 Å². The van der Waals surface area contributed by atoms with Crippen LogP contribution in [0.15, 0.2) is 35.1 Å². The molecule has 16 heavy (non-hydrogen) atoms. The monoisotopic (exact) mass is 219 g/mol. The Labute approximate surface area is 91.3 Å². The van der Waals surface area contributed by atoms with Crippen LogP contribution in [0.4, 0.5) is 0 Å². The second-order valence-electron chi connectivity index (χ2n) is 3.11. The van der Waals surface area contributed by atoms with Crippen LogP contribution in [0.1, 0.15) is 10.5 Å². The van der Waals surface area contributed by atoms with Gasteiger partial charge in [0.05, 0.1) is 12.7 Å². The number of methoxy groups -OCH3 is 1. The number of rotatable bonds is 3. The Hall–Kier alpha value is -2.30. The Morgan fingerprint density at radius 3 is 2.62 bits per heavy atom. The van der Waals surface area contributed by atoms with Crippen LogP contribution >= 0.6 is 0 Å². The number of carboxylic acids is 1. The van der Waals surface area contributed by atoms with Gasteiger partial charge in [-0.25, -0.2) is 4.79 Å². The van der Waals surface area contributed by atoms with E-state index in [1.54, 1.807) is 31.4 Å². The minimum Gasteiger partial charge on any atom is -0.497 e. The topological polar surface area (TPSA) is 72.6 Å². The zero-order chi connectivity index (χ0) is 11.5. The van der Waals surface area contributed by atoms with Gasteiger partial charge in [0.1, 0.15) is 12.0 Å². The van der Waals surface area contributed by atoms with Crippen molar-refractivity contribution in [1.29, 1.82) is 0 Å². The summed E-state index contributed by atoms with van der Waals surface area (Å²) in [5, 5.41) is 12.3. The minimum absolute atomic E-state index is 0.0924. The molecule has 0 atom stereocenters. The van der Waals surface area contributed by atoms with Gasteiger partial charge >= 0.3 is 5.97 Å². The lowest BCUT2D eigenvalue weighted by atomic mass is 10.1. The molecular weight excluding hydrogens is 210 g/mol. The summed E-state index contributed by atoms with van der Waals surface area (Å²) in [4.78, 5) is 10.8. The lowest BCUT2D eigenvalue weighted by molar-refractivity contribution is 0.0686. The molecular formula is C11H9NO4. The second-order valence-corrected chi connectivity index (χ2v) is 3.11. The average Bonchev–Trinajstić information content (AvgIpc) is 2.78. The Kier molecular flexibility index (Phi) is 2.59. The summed E-state index contributed by atoms with van der Waals surface area (Å²) < 4.78 is 9.66. The average molecular weight is 219 g/mol. The van der Waals surface area contributed by atoms with E-state index >= 15 is 0 Å². The Morgan fingerprint density at radius 1 is 1.38 bits per heavy atom. The highest BCUT2D eigenvalue weighted by molar-refractivity contribution is 5.93. The Bertz CT molecular complexity index is 501. The zero-order valence-corrected chi connectivity index (χ0v) is 8.51. The highest BCUT2D eigenvalue weighted by Gasteiger charge is 2.16. The first-order valence-corrected chi connectivity index (χ1v) is 4.54. The highest BCUT2D eigenvalue weighted by atomic mass is 16.5. The van der Waals surface area contributed by atoms with Crippen molar-refractivity contribution in [2.75, 3.05) is 7.11 Å². The Morgan fingerprint density at radius 2 is 2.06 bits per heavy atom. The van der Waals surface area contributed by atoms with Gasteiger partial charge in [-0.1, -0.05) is 17.3 Å². The third kappa shape index (κ3) is 1.75. The lowest BCUT2D eigenvalue weighted by Gasteiger charge is -2.01. The second kappa shape index (κ2) is 4.06. The van der Waals surface area contributed by atoms with E-state index in [1.807, 2.05) is 0 Å². The third-order valence-corrected chi connectivity index (χ3v) is 2.17. The van der Waals surface area contributed by atoms with Crippen LogP contribution in [0.5, 0.6) is 5.75 Å². The first-order valence-electron chi connectivity index (χ1n) is 4.54. The summed E-state index contributed by atoms with van der Waals surface area (Å²) in [6, 6.07) is 6.98. The van der Waals surface area contributed by atoms with Gasteiger partial charge in [0.25, 0.3) is 0 Å². The van der Waals surface area contributed by atoms with E-state index in [2.05, 4.69) is 9.68 Å². The van der Waals surface area contributed by atoms with Crippen molar-refractivity contribution in [3.8, 4) is 16.9 Å². The molecule has 0 saturated carbocycles. The SMILES string of the molecule is COc1ccc(-c2conc2C(=O)O)cc1. The maximum absolute atomic E-state index is 10.8. The number of benzene rings is 1. The predicted octanol–water partition coefficient (Wildman–Crippen LogP) is 2.05. The number of carbonyl (C=O) groups is 1. The van der Waals surface area contributed by atoms with Gasteiger partial charge in [-0.05, 0) is 17.7 Å². The summed E-state index contributed by atoms with van der Waals surface area (Å²) in [7, 11) is 1.57. The van der Waals surface area contributed by atoms with Crippen molar-refractivity contribution in [2.24, 2.45) is 0 Å². The maximum Gasteiger partial charge on any atom is 0.358 e. The van der Waals surface area contributed by atoms with Crippen LogP contribution in [-0.2, 0) is 0 Å². The molecule has 0 fully saturated rings. The largest absolute Gasteiger partial charge is 0.497 e. The zero-order valence-electron chi connectivity index (χ0n) is 8.51. The fourth-order valence-corrected chi connectivity index (χ4v) is 1.37. The van der Waals surface area contributed by atoms with Crippen LogP contribution in [0, 0.1) is 0 Å². The van der Waals surface area contributed by atoms with E-state index in [9.17, 15) is 4.79 Å². The van der Waals surface area contributed by atoms with E-state index < -0.39 is 5.97 Å². The minimum atomic E-state index is -1.11. The van der Waals surface area contributed by atoms with Crippen LogP contribution in [0.2, 0.25) is 0 Å². The van der Waals surface area contributed by atoms with E-state index in [0.29, 0.717) is 11.3 Å². The van der Waals surface area contributed by atoms with Crippen molar-refractivity contribution in [2.45, 2.75) is 0 Å². The van der Waals surface area contributed by atoms with Gasteiger partial charge in [0.2, 0.25) is 0 Å². The molecule has 0 aliphatic rings. The number of carboxylic acid groups (broad SMARTS) is 1. The van der Waals surface area contributed by atoms with Crippen molar-refractivity contribution in [3.05, 3.63) is 36.2 Å². The third-order valence-electron chi connectivity index (χ3n) is 2.17. The van der Waals surface area contributed by atoms with Gasteiger partial charge in [-0.2, -0.15) is 0 Å². The molecule has 5 nitrogen and oxygen atoms in total. The molecule has 0 aliphatic heterocycles. The summed E-state index contributed by atoms with van der Waals surface area (Å²) >= 11 is 0. The molecule has 1 heterocycles. The van der Waals surface area contributed by atoms with Crippen molar-refractivity contribution in [1.82, 2.24) is 5.16 Å². The molecule has 0 amide bonds. The normalized spacial score (nSPS) is 10.1. The molecule has 1 N–H and O–H groups in total. The van der Waals surface area contributed by atoms with Gasteiger partial charge < -0.3 is 14.4 Å². The van der Waals surface area contributed by atoms with E-state index in [0.717, 1.165) is 5.56 Å². The summed E-state index contributed by atoms with van der Waals surface area (Å²) in [5.74, 6) is -0.406. The molecule has 5 heteroatoms. The molecule has 0 aliphatic carbocycles. The molecule has 0 unspecified atom stereocenters. The molecule has 1 aromatic heterocycles. The molecule has 0 bridgehead atoms. The first kappa shape index (κ1) is 10.2. The number of ether oxygens (including phenoxy) is 1. The van der Waals surface area contributed by atoms with Gasteiger partial charge in [-0.15, -0.1) is 0 Å². The van der Waals surface area contributed by atoms with Gasteiger partial charge in [-0.3, -0.25) is 0 Å². The molecule has 1 aromatic carbocycles. The summed E-state index contributed by atoms with van der Waals surface area (Å²) in [6.45, 7) is 0. The Balaban J connectivity index is 2.42. The van der Waals surface area contributed by atoms with Gasteiger partial charge in [0.15, 0.2) is 5.69 Å². The number of aromatic carboxylic acids is 1. The first-order chi connectivity index (χ1) is 7.72. The molecule has 0 spiro atoms. The highest BCUT2D eigenvalue weighted by Crippen LogP contribution is 2.25. The van der Waals surface area contributed by atoms with Crippen LogP contribution < -0.4 is 4.74 Å². The van der Waals surface area contributed by atoms with Crippen molar-refractivity contribution >= 4 is 5.97 Å². The smallest absolute Gasteiger partial charge is 0.358 e. The number of aromatic nitrogens is 1. The molecule has 0 radical (unpaired) electrons. The standard InChI is InChI=1S/C11H9NO4/c1-15-8-4-2-7(3-5-8)9-6-16-12-10(9)11(13)14/h2-6H,1H3,(H,13,14). The van der Waals surface area contributed by atoms with Crippen LogP contribution in [-0.4, -0.2) is 23.3 Å². The lowest BCUT2D eigenvalue weighted by Crippen LogP contribution is -1.98. The van der Waals surface area contributed by atoms with Crippen LogP contribution in [0.3, 0.4) is 0 Å². The summed E-state index contributed by atoms with van der Waals surface area (Å²) in [6.07, 6.45) is 1.31. The van der Waals surface area contributed by atoms with Crippen LogP contribution in [0.25, 0.3) is 11.1 Å². The molecule has 82 valence electrons. The maximum atomic E-state index is 10.8. The van der Waals surface area contributed by atoms with Gasteiger partial charge in [0, 0.05) is 0 Å². The fraction of sp³-hybridized carbons (Fsp3) is 0.0909. The molecule has 2 rings (SSSR count). The van der Waals surface area contributed by atoms with E-state index in [4.69, 9.17) is 9.84 Å².